The maximum atomic E-state index is 13.4. The minimum absolute atomic E-state index is 0.137. The summed E-state index contributed by atoms with van der Waals surface area (Å²) in [6.45, 7) is 0. The highest BCUT2D eigenvalue weighted by Crippen LogP contribution is 2.28. The molecule has 1 unspecified atom stereocenters. The number of halogens is 2. The number of terminal acetylenes is 1. The molecule has 0 aliphatic carbocycles. The van der Waals surface area contributed by atoms with E-state index in [4.69, 9.17) is 6.42 Å². The predicted molar refractivity (Wildman–Crippen MR) is 68.6 cm³/mol. The highest BCUT2D eigenvalue weighted by molar-refractivity contribution is 9.10. The second-order valence-corrected chi connectivity index (χ2v) is 4.37. The van der Waals surface area contributed by atoms with Crippen LogP contribution in [0.15, 0.2) is 22.7 Å². The van der Waals surface area contributed by atoms with Gasteiger partial charge in [0.05, 0.1) is 4.47 Å². The Balaban J connectivity index is 2.79. The summed E-state index contributed by atoms with van der Waals surface area (Å²) in [5.41, 5.74) is 0.944. The Morgan fingerprint density at radius 2 is 2.31 bits per heavy atom. The van der Waals surface area contributed by atoms with E-state index in [-0.39, 0.29) is 11.9 Å². The van der Waals surface area contributed by atoms with Crippen molar-refractivity contribution in [2.45, 2.75) is 25.3 Å². The van der Waals surface area contributed by atoms with Gasteiger partial charge >= 0.3 is 0 Å². The first-order chi connectivity index (χ1) is 7.70. The van der Waals surface area contributed by atoms with Crippen LogP contribution in [-0.2, 0) is 0 Å². The van der Waals surface area contributed by atoms with Gasteiger partial charge in [-0.05, 0) is 47.4 Å². The van der Waals surface area contributed by atoms with E-state index in [1.807, 2.05) is 13.1 Å². The lowest BCUT2D eigenvalue weighted by atomic mass is 10.0. The second kappa shape index (κ2) is 6.67. The molecule has 1 atom stereocenters. The molecule has 1 aromatic carbocycles. The van der Waals surface area contributed by atoms with Crippen LogP contribution in [0.3, 0.4) is 0 Å². The van der Waals surface area contributed by atoms with Gasteiger partial charge in [-0.1, -0.05) is 12.1 Å². The molecule has 0 aromatic heterocycles. The SMILES string of the molecule is C#CCCCC(NC)c1cccc(F)c1Br. The lowest BCUT2D eigenvalue weighted by Gasteiger charge is -2.17. The average Bonchev–Trinajstić information content (AvgIpc) is 2.29. The van der Waals surface area contributed by atoms with Gasteiger partial charge in [0.15, 0.2) is 0 Å². The molecule has 0 fully saturated rings. The van der Waals surface area contributed by atoms with Crippen LogP contribution in [0.5, 0.6) is 0 Å². The molecule has 1 rings (SSSR count). The zero-order valence-electron chi connectivity index (χ0n) is 9.26. The van der Waals surface area contributed by atoms with Gasteiger partial charge in [-0.15, -0.1) is 12.3 Å². The molecule has 0 amide bonds. The molecule has 0 aliphatic rings. The van der Waals surface area contributed by atoms with Gasteiger partial charge in [0.25, 0.3) is 0 Å². The first-order valence-electron chi connectivity index (χ1n) is 5.25. The van der Waals surface area contributed by atoms with E-state index in [9.17, 15) is 4.39 Å². The molecule has 0 bridgehead atoms. The Morgan fingerprint density at radius 1 is 1.56 bits per heavy atom. The molecular weight excluding hydrogens is 269 g/mol. The molecule has 3 heteroatoms. The van der Waals surface area contributed by atoms with E-state index in [2.05, 4.69) is 27.2 Å². The van der Waals surface area contributed by atoms with Gasteiger partial charge in [-0.2, -0.15) is 0 Å². The summed E-state index contributed by atoms with van der Waals surface area (Å²) in [5.74, 6) is 2.38. The van der Waals surface area contributed by atoms with Crippen molar-refractivity contribution in [2.75, 3.05) is 7.05 Å². The van der Waals surface area contributed by atoms with Crippen LogP contribution >= 0.6 is 15.9 Å². The zero-order valence-corrected chi connectivity index (χ0v) is 10.8. The summed E-state index contributed by atoms with van der Waals surface area (Å²) in [4.78, 5) is 0. The van der Waals surface area contributed by atoms with Gasteiger partial charge in [0.1, 0.15) is 5.82 Å². The van der Waals surface area contributed by atoms with Crippen LogP contribution in [-0.4, -0.2) is 7.05 Å². The lowest BCUT2D eigenvalue weighted by Crippen LogP contribution is -2.17. The van der Waals surface area contributed by atoms with Gasteiger partial charge in [-0.25, -0.2) is 4.39 Å². The maximum absolute atomic E-state index is 13.4. The minimum Gasteiger partial charge on any atom is -0.313 e. The van der Waals surface area contributed by atoms with E-state index < -0.39 is 0 Å². The normalized spacial score (nSPS) is 12.1. The Hall–Kier alpha value is -0.850. The van der Waals surface area contributed by atoms with Crippen molar-refractivity contribution in [3.63, 3.8) is 0 Å². The van der Waals surface area contributed by atoms with E-state index in [0.717, 1.165) is 24.8 Å². The Labute approximate surface area is 105 Å². The first kappa shape index (κ1) is 13.2. The number of unbranched alkanes of at least 4 members (excludes halogenated alkanes) is 1. The van der Waals surface area contributed by atoms with Crippen molar-refractivity contribution in [1.82, 2.24) is 5.32 Å². The number of hydrogen-bond donors (Lipinski definition) is 1. The number of hydrogen-bond acceptors (Lipinski definition) is 1. The Morgan fingerprint density at radius 3 is 2.94 bits per heavy atom. The molecular formula is C13H15BrFN. The molecule has 1 N–H and O–H groups in total. The molecule has 0 saturated heterocycles. The fourth-order valence-electron chi connectivity index (χ4n) is 1.65. The van der Waals surface area contributed by atoms with Crippen molar-refractivity contribution in [1.29, 1.82) is 0 Å². The summed E-state index contributed by atoms with van der Waals surface area (Å²) < 4.78 is 13.9. The number of benzene rings is 1. The fourth-order valence-corrected chi connectivity index (χ4v) is 2.19. The molecule has 86 valence electrons. The van der Waals surface area contributed by atoms with Gasteiger partial charge in [0.2, 0.25) is 0 Å². The van der Waals surface area contributed by atoms with Crippen LogP contribution in [0.1, 0.15) is 30.9 Å². The van der Waals surface area contributed by atoms with Gasteiger partial charge < -0.3 is 5.32 Å². The van der Waals surface area contributed by atoms with E-state index in [1.54, 1.807) is 6.07 Å². The van der Waals surface area contributed by atoms with Gasteiger partial charge in [-0.3, -0.25) is 0 Å². The lowest BCUT2D eigenvalue weighted by molar-refractivity contribution is 0.523. The molecule has 0 heterocycles. The highest BCUT2D eigenvalue weighted by Gasteiger charge is 2.14. The summed E-state index contributed by atoms with van der Waals surface area (Å²) in [6.07, 6.45) is 7.81. The third-order valence-corrected chi connectivity index (χ3v) is 3.36. The Bertz CT molecular complexity index is 384. The second-order valence-electron chi connectivity index (χ2n) is 3.58. The molecule has 0 saturated carbocycles. The number of nitrogens with one attached hydrogen (secondary N) is 1. The summed E-state index contributed by atoms with van der Waals surface area (Å²) in [7, 11) is 1.87. The standard InChI is InChI=1S/C13H15BrFN/c1-3-4-5-9-12(16-2)10-7-6-8-11(15)13(10)14/h1,6-8,12,16H,4-5,9H2,2H3. The largest absolute Gasteiger partial charge is 0.313 e. The van der Waals surface area contributed by atoms with Gasteiger partial charge in [0, 0.05) is 12.5 Å². The molecule has 16 heavy (non-hydrogen) atoms. The van der Waals surface area contributed by atoms with Crippen LogP contribution < -0.4 is 5.32 Å². The molecule has 1 aromatic rings. The van der Waals surface area contributed by atoms with Crippen molar-refractivity contribution in [3.8, 4) is 12.3 Å². The van der Waals surface area contributed by atoms with E-state index in [0.29, 0.717) is 4.47 Å². The zero-order chi connectivity index (χ0) is 12.0. The van der Waals surface area contributed by atoms with E-state index >= 15 is 0 Å². The highest BCUT2D eigenvalue weighted by atomic mass is 79.9. The summed E-state index contributed by atoms with van der Waals surface area (Å²) >= 11 is 3.28. The van der Waals surface area contributed by atoms with Crippen LogP contribution in [0, 0.1) is 18.2 Å². The van der Waals surface area contributed by atoms with Crippen molar-refractivity contribution in [3.05, 3.63) is 34.1 Å². The quantitative estimate of drug-likeness (QED) is 0.643. The molecule has 0 spiro atoms. The topological polar surface area (TPSA) is 12.0 Å². The summed E-state index contributed by atoms with van der Waals surface area (Å²) in [6, 6.07) is 5.23. The smallest absolute Gasteiger partial charge is 0.137 e. The van der Waals surface area contributed by atoms with Crippen LogP contribution in [0.2, 0.25) is 0 Å². The summed E-state index contributed by atoms with van der Waals surface area (Å²) in [5, 5.41) is 3.18. The van der Waals surface area contributed by atoms with Crippen molar-refractivity contribution >= 4 is 15.9 Å². The molecule has 1 nitrogen and oxygen atoms in total. The molecule has 0 aliphatic heterocycles. The monoisotopic (exact) mass is 283 g/mol. The molecule has 0 radical (unpaired) electrons. The van der Waals surface area contributed by atoms with Crippen LogP contribution in [0.25, 0.3) is 0 Å². The predicted octanol–water partition coefficient (Wildman–Crippen LogP) is 3.65. The number of rotatable bonds is 5. The fraction of sp³-hybridized carbons (Fsp3) is 0.385. The third kappa shape index (κ3) is 3.33. The average molecular weight is 284 g/mol. The first-order valence-corrected chi connectivity index (χ1v) is 6.04. The third-order valence-electron chi connectivity index (χ3n) is 2.52. The Kier molecular flexibility index (Phi) is 5.51. The van der Waals surface area contributed by atoms with Crippen molar-refractivity contribution < 1.29 is 4.39 Å². The maximum Gasteiger partial charge on any atom is 0.137 e. The van der Waals surface area contributed by atoms with Crippen LogP contribution in [0.4, 0.5) is 4.39 Å². The van der Waals surface area contributed by atoms with Crippen molar-refractivity contribution in [2.24, 2.45) is 0 Å². The minimum atomic E-state index is -0.227. The van der Waals surface area contributed by atoms with E-state index in [1.165, 1.54) is 6.07 Å².